The molecule has 0 saturated heterocycles. The van der Waals surface area contributed by atoms with Crippen molar-refractivity contribution in [2.45, 2.75) is 12.8 Å². The van der Waals surface area contributed by atoms with E-state index in [9.17, 15) is 0 Å². The molecular weight excluding hydrogens is 440 g/mol. The molecule has 4 heteroatoms. The second-order valence-corrected chi connectivity index (χ2v) is 9.06. The number of nitrogens with zero attached hydrogens (tertiary/aromatic N) is 4. The molecule has 7 rings (SSSR count). The summed E-state index contributed by atoms with van der Waals surface area (Å²) in [5.41, 5.74) is 8.78. The first-order valence-corrected chi connectivity index (χ1v) is 12.3. The van der Waals surface area contributed by atoms with E-state index in [0.29, 0.717) is 0 Å². The summed E-state index contributed by atoms with van der Waals surface area (Å²) in [4.78, 5) is 10.1. The Kier molecular flexibility index (Phi) is 4.88. The highest BCUT2D eigenvalue weighted by Crippen LogP contribution is 2.33. The average molecular weight is 465 g/mol. The zero-order valence-corrected chi connectivity index (χ0v) is 19.8. The van der Waals surface area contributed by atoms with Gasteiger partial charge in [0.15, 0.2) is 0 Å². The third-order valence-corrected chi connectivity index (χ3v) is 6.82. The van der Waals surface area contributed by atoms with Gasteiger partial charge in [0.2, 0.25) is 0 Å². The van der Waals surface area contributed by atoms with Crippen molar-refractivity contribution in [3.8, 4) is 28.5 Å². The smallest absolute Gasteiger partial charge is 0.145 e. The largest absolute Gasteiger partial charge is 0.296 e. The molecule has 172 valence electrons. The van der Waals surface area contributed by atoms with Crippen molar-refractivity contribution in [3.63, 3.8) is 0 Å². The summed E-state index contributed by atoms with van der Waals surface area (Å²) >= 11 is 0. The van der Waals surface area contributed by atoms with Gasteiger partial charge < -0.3 is 0 Å². The Morgan fingerprint density at radius 2 is 1.11 bits per heavy atom. The van der Waals surface area contributed by atoms with Crippen molar-refractivity contribution in [1.82, 2.24) is 19.1 Å². The van der Waals surface area contributed by atoms with Gasteiger partial charge in [-0.1, -0.05) is 78.9 Å². The van der Waals surface area contributed by atoms with Crippen molar-refractivity contribution < 1.29 is 0 Å². The van der Waals surface area contributed by atoms with Crippen LogP contribution in [0.15, 0.2) is 121 Å². The Balaban J connectivity index is 1.37. The van der Waals surface area contributed by atoms with Crippen LogP contribution in [0.3, 0.4) is 0 Å². The molecule has 4 aromatic carbocycles. The molecule has 0 amide bonds. The molecule has 0 aliphatic heterocycles. The monoisotopic (exact) mass is 464 g/mol. The third-order valence-electron chi connectivity index (χ3n) is 6.82. The quantitative estimate of drug-likeness (QED) is 0.266. The molecule has 4 nitrogen and oxygen atoms in total. The molecule has 0 radical (unpaired) electrons. The van der Waals surface area contributed by atoms with Gasteiger partial charge in [-0.25, -0.2) is 9.97 Å². The summed E-state index contributed by atoms with van der Waals surface area (Å²) in [5.74, 6) is 1.91. The summed E-state index contributed by atoms with van der Waals surface area (Å²) in [7, 11) is 0. The van der Waals surface area contributed by atoms with E-state index < -0.39 is 0 Å². The second kappa shape index (κ2) is 8.51. The molecule has 6 aromatic rings. The van der Waals surface area contributed by atoms with Gasteiger partial charge in [0, 0.05) is 22.5 Å². The van der Waals surface area contributed by atoms with Crippen LogP contribution < -0.4 is 0 Å². The van der Waals surface area contributed by atoms with E-state index in [-0.39, 0.29) is 0 Å². The fourth-order valence-corrected chi connectivity index (χ4v) is 5.11. The molecule has 2 heterocycles. The van der Waals surface area contributed by atoms with E-state index in [1.54, 1.807) is 0 Å². The van der Waals surface area contributed by atoms with Crippen molar-refractivity contribution >= 4 is 27.8 Å². The molecule has 0 saturated carbocycles. The maximum absolute atomic E-state index is 5.04. The van der Waals surface area contributed by atoms with Gasteiger partial charge in [0.1, 0.15) is 11.6 Å². The third kappa shape index (κ3) is 3.38. The molecule has 0 atom stereocenters. The summed E-state index contributed by atoms with van der Waals surface area (Å²) < 4.78 is 4.55. The van der Waals surface area contributed by atoms with E-state index in [0.717, 1.165) is 63.4 Å². The number of hydrogen-bond acceptors (Lipinski definition) is 2. The van der Waals surface area contributed by atoms with Gasteiger partial charge in [0.25, 0.3) is 0 Å². The molecule has 0 bridgehead atoms. The van der Waals surface area contributed by atoms with Gasteiger partial charge in [-0.2, -0.15) is 0 Å². The number of rotatable bonds is 4. The van der Waals surface area contributed by atoms with Gasteiger partial charge in [0.05, 0.1) is 22.1 Å². The van der Waals surface area contributed by atoms with Crippen LogP contribution in [0.2, 0.25) is 0 Å². The predicted octanol–water partition coefficient (Wildman–Crippen LogP) is 7.90. The first kappa shape index (κ1) is 20.7. The van der Waals surface area contributed by atoms with Crippen molar-refractivity contribution in [2.75, 3.05) is 0 Å². The maximum atomic E-state index is 5.04. The van der Waals surface area contributed by atoms with Crippen LogP contribution >= 0.6 is 0 Å². The van der Waals surface area contributed by atoms with E-state index >= 15 is 0 Å². The molecule has 0 N–H and O–H groups in total. The van der Waals surface area contributed by atoms with Crippen molar-refractivity contribution in [3.05, 3.63) is 121 Å². The van der Waals surface area contributed by atoms with Crippen molar-refractivity contribution in [1.29, 1.82) is 0 Å². The highest BCUT2D eigenvalue weighted by molar-refractivity contribution is 5.87. The molecular formula is C32H24N4. The van der Waals surface area contributed by atoms with Crippen LogP contribution in [0.25, 0.3) is 56.2 Å². The molecule has 1 aliphatic rings. The normalized spacial score (nSPS) is 13.4. The highest BCUT2D eigenvalue weighted by Gasteiger charge is 2.18. The Morgan fingerprint density at radius 3 is 1.72 bits per heavy atom. The molecule has 2 aromatic heterocycles. The van der Waals surface area contributed by atoms with E-state index in [1.807, 2.05) is 12.1 Å². The summed E-state index contributed by atoms with van der Waals surface area (Å²) in [6, 6.07) is 35.8. The molecule has 36 heavy (non-hydrogen) atoms. The number of para-hydroxylation sites is 5. The van der Waals surface area contributed by atoms with Gasteiger partial charge in [-0.15, -0.1) is 0 Å². The first-order valence-electron chi connectivity index (χ1n) is 12.3. The Labute approximate surface area is 209 Å². The molecule has 0 fully saturated rings. The number of aromatic nitrogens is 4. The lowest BCUT2D eigenvalue weighted by Crippen LogP contribution is -2.02. The second-order valence-electron chi connectivity index (χ2n) is 9.06. The summed E-state index contributed by atoms with van der Waals surface area (Å²) in [6.07, 6.45) is 8.62. The molecule has 1 aliphatic carbocycles. The van der Waals surface area contributed by atoms with Crippen LogP contribution in [-0.4, -0.2) is 19.1 Å². The van der Waals surface area contributed by atoms with E-state index in [4.69, 9.17) is 9.97 Å². The topological polar surface area (TPSA) is 35.6 Å². The SMILES string of the molecule is C1=CCCC(n2c(-c3ccc(-c4nc5ccccc5n4-c4ccccc4)cc3)nc3ccccc32)=C1. The van der Waals surface area contributed by atoms with Crippen LogP contribution in [0, 0.1) is 0 Å². The lowest BCUT2D eigenvalue weighted by atomic mass is 10.1. The first-order chi connectivity index (χ1) is 17.9. The van der Waals surface area contributed by atoms with Crippen molar-refractivity contribution in [2.24, 2.45) is 0 Å². The zero-order valence-electron chi connectivity index (χ0n) is 19.8. The fraction of sp³-hybridized carbons (Fsp3) is 0.0625. The minimum atomic E-state index is 0.933. The molecule has 0 unspecified atom stereocenters. The Bertz CT molecular complexity index is 1770. The minimum absolute atomic E-state index is 0.933. The van der Waals surface area contributed by atoms with Crippen LogP contribution in [0.5, 0.6) is 0 Å². The number of allylic oxidation sites excluding steroid dienone is 4. The molecule has 0 spiro atoms. The lowest BCUT2D eigenvalue weighted by molar-refractivity contribution is 0.960. The maximum Gasteiger partial charge on any atom is 0.145 e. The lowest BCUT2D eigenvalue weighted by Gasteiger charge is -2.15. The number of imidazole rings is 2. The number of hydrogen-bond donors (Lipinski definition) is 0. The van der Waals surface area contributed by atoms with E-state index in [1.165, 1.54) is 5.70 Å². The van der Waals surface area contributed by atoms with Gasteiger partial charge in [-0.05, 0) is 55.3 Å². The number of benzene rings is 4. The van der Waals surface area contributed by atoms with Gasteiger partial charge in [-0.3, -0.25) is 9.13 Å². The van der Waals surface area contributed by atoms with Crippen LogP contribution in [0.1, 0.15) is 12.8 Å². The van der Waals surface area contributed by atoms with Crippen LogP contribution in [0.4, 0.5) is 0 Å². The highest BCUT2D eigenvalue weighted by atomic mass is 15.1. The summed E-state index contributed by atoms with van der Waals surface area (Å²) in [5, 5.41) is 0. The standard InChI is InChI=1S/C32H24N4/c1-3-11-25(12-4-1)35-29-17-9-7-15-27(29)33-31(35)23-19-21-24(22-20-23)32-34-28-16-8-10-18-30(28)36(32)26-13-5-2-6-14-26/h1-5,7-13,15-22H,6,14H2. The fourth-order valence-electron chi connectivity index (χ4n) is 5.11. The van der Waals surface area contributed by atoms with E-state index in [2.05, 4.69) is 118 Å². The average Bonchev–Trinajstić information content (AvgIpc) is 3.53. The van der Waals surface area contributed by atoms with Gasteiger partial charge >= 0.3 is 0 Å². The minimum Gasteiger partial charge on any atom is -0.296 e. The number of fused-ring (bicyclic) bond motifs is 2. The predicted molar refractivity (Wildman–Crippen MR) is 148 cm³/mol. The zero-order chi connectivity index (χ0) is 23.9. The Morgan fingerprint density at radius 1 is 0.556 bits per heavy atom. The summed E-state index contributed by atoms with van der Waals surface area (Å²) in [6.45, 7) is 0. The Hall–Kier alpha value is -4.70. The van der Waals surface area contributed by atoms with Crippen LogP contribution in [-0.2, 0) is 0 Å².